The number of hydrazine groups is 1. The minimum Gasteiger partial charge on any atom is -0.280 e. The summed E-state index contributed by atoms with van der Waals surface area (Å²) in [6.07, 6.45) is 3.09. The van der Waals surface area contributed by atoms with Crippen molar-refractivity contribution in [2.75, 3.05) is 4.72 Å². The van der Waals surface area contributed by atoms with Gasteiger partial charge in [0.1, 0.15) is 0 Å². The molecule has 0 fully saturated rings. The maximum Gasteiger partial charge on any atom is 0.279 e. The number of sulfonamides is 1. The van der Waals surface area contributed by atoms with E-state index in [9.17, 15) is 18.0 Å². The van der Waals surface area contributed by atoms with E-state index in [4.69, 9.17) is 0 Å². The molecule has 7 nitrogen and oxygen atoms in total. The molecule has 9 heteroatoms. The van der Waals surface area contributed by atoms with Gasteiger partial charge in [0.15, 0.2) is 0 Å². The molecule has 0 aliphatic heterocycles. The van der Waals surface area contributed by atoms with Crippen molar-refractivity contribution in [2.24, 2.45) is 5.92 Å². The molecule has 2 amide bonds. The topological polar surface area (TPSA) is 104 Å². The number of aryl methyl sites for hydroxylation is 1. The van der Waals surface area contributed by atoms with E-state index in [-0.39, 0.29) is 16.4 Å². The van der Waals surface area contributed by atoms with Gasteiger partial charge in [-0.05, 0) is 73.2 Å². The molecular weight excluding hydrogens is 446 g/mol. The van der Waals surface area contributed by atoms with Gasteiger partial charge in [0.05, 0.1) is 9.77 Å². The maximum atomic E-state index is 12.4. The summed E-state index contributed by atoms with van der Waals surface area (Å²) < 4.78 is 27.2. The zero-order valence-electron chi connectivity index (χ0n) is 17.4. The number of hydrogen-bond acceptors (Lipinski definition) is 5. The minimum atomic E-state index is -3.71. The quantitative estimate of drug-likeness (QED) is 0.495. The van der Waals surface area contributed by atoms with Crippen molar-refractivity contribution in [3.05, 3.63) is 81.5 Å². The van der Waals surface area contributed by atoms with E-state index in [2.05, 4.69) is 22.5 Å². The molecule has 1 aliphatic rings. The largest absolute Gasteiger partial charge is 0.280 e. The highest BCUT2D eigenvalue weighted by molar-refractivity contribution is 7.92. The average Bonchev–Trinajstić information content (AvgIpc) is 3.21. The normalized spacial score (nSPS) is 15.5. The van der Waals surface area contributed by atoms with Crippen molar-refractivity contribution in [3.8, 4) is 0 Å². The fourth-order valence-corrected chi connectivity index (χ4v) is 5.75. The predicted molar refractivity (Wildman–Crippen MR) is 124 cm³/mol. The van der Waals surface area contributed by atoms with Crippen molar-refractivity contribution in [3.63, 3.8) is 0 Å². The van der Waals surface area contributed by atoms with Gasteiger partial charge in [0.25, 0.3) is 21.8 Å². The van der Waals surface area contributed by atoms with Crippen molar-refractivity contribution in [1.29, 1.82) is 0 Å². The summed E-state index contributed by atoms with van der Waals surface area (Å²) in [7, 11) is -3.71. The molecule has 1 atom stereocenters. The summed E-state index contributed by atoms with van der Waals surface area (Å²) in [5.74, 6) is -0.226. The van der Waals surface area contributed by atoms with E-state index < -0.39 is 15.9 Å². The lowest BCUT2D eigenvalue weighted by atomic mass is 9.90. The first kappa shape index (κ1) is 22.0. The van der Waals surface area contributed by atoms with Gasteiger partial charge in [-0.1, -0.05) is 25.1 Å². The standard InChI is InChI=1S/C23H23N3O4S2/c1-15-7-12-20-17(13-15)14-21(31-20)23(28)25-24-22(27)16-8-10-18(11-9-16)26-32(29,30)19-5-3-2-4-6-19/h2-6,8-11,14-15,26H,7,12-13H2,1H3,(H,24,27)(H,25,28). The summed E-state index contributed by atoms with van der Waals surface area (Å²) in [4.78, 5) is 26.8. The number of rotatable bonds is 5. The second-order valence-corrected chi connectivity index (χ2v) is 10.6. The molecule has 1 aromatic heterocycles. The third-order valence-electron chi connectivity index (χ3n) is 5.30. The summed E-state index contributed by atoms with van der Waals surface area (Å²) >= 11 is 1.47. The molecular formula is C23H23N3O4S2. The number of nitrogens with one attached hydrogen (secondary N) is 3. The highest BCUT2D eigenvalue weighted by Gasteiger charge is 2.21. The van der Waals surface area contributed by atoms with Gasteiger partial charge in [-0.2, -0.15) is 0 Å². The van der Waals surface area contributed by atoms with E-state index in [1.165, 1.54) is 58.2 Å². The van der Waals surface area contributed by atoms with Crippen LogP contribution in [-0.4, -0.2) is 20.2 Å². The first-order chi connectivity index (χ1) is 15.3. The number of benzene rings is 2. The van der Waals surface area contributed by atoms with Crippen molar-refractivity contribution >= 4 is 38.9 Å². The molecule has 1 aliphatic carbocycles. The van der Waals surface area contributed by atoms with E-state index in [0.717, 1.165) is 19.3 Å². The molecule has 0 saturated carbocycles. The highest BCUT2D eigenvalue weighted by atomic mass is 32.2. The SMILES string of the molecule is CC1CCc2sc(C(=O)NNC(=O)c3ccc(NS(=O)(=O)c4ccccc4)cc3)cc2C1. The van der Waals surface area contributed by atoms with E-state index in [1.54, 1.807) is 18.2 Å². The van der Waals surface area contributed by atoms with Crippen LogP contribution in [0.4, 0.5) is 5.69 Å². The zero-order chi connectivity index (χ0) is 22.7. The number of anilines is 1. The molecule has 3 N–H and O–H groups in total. The number of carbonyl (C=O) groups excluding carboxylic acids is 2. The second-order valence-electron chi connectivity index (χ2n) is 7.81. The van der Waals surface area contributed by atoms with Crippen molar-refractivity contribution in [2.45, 2.75) is 31.1 Å². The molecule has 0 spiro atoms. The Labute approximate surface area is 190 Å². The van der Waals surface area contributed by atoms with Gasteiger partial charge in [-0.15, -0.1) is 11.3 Å². The molecule has 0 saturated heterocycles. The second kappa shape index (κ2) is 9.13. The summed E-state index contributed by atoms with van der Waals surface area (Å²) in [6, 6.07) is 15.9. The lowest BCUT2D eigenvalue weighted by molar-refractivity contribution is 0.0849. The Kier molecular flexibility index (Phi) is 6.29. The smallest absolute Gasteiger partial charge is 0.279 e. The molecule has 0 bridgehead atoms. The van der Waals surface area contributed by atoms with Crippen LogP contribution in [-0.2, 0) is 22.9 Å². The molecule has 32 heavy (non-hydrogen) atoms. The van der Waals surface area contributed by atoms with Gasteiger partial charge < -0.3 is 0 Å². The van der Waals surface area contributed by atoms with Crippen LogP contribution < -0.4 is 15.6 Å². The molecule has 166 valence electrons. The molecule has 3 aromatic rings. The number of hydrogen-bond donors (Lipinski definition) is 3. The first-order valence-corrected chi connectivity index (χ1v) is 12.5. The van der Waals surface area contributed by atoms with Crippen LogP contribution in [0, 0.1) is 5.92 Å². The van der Waals surface area contributed by atoms with Crippen molar-refractivity contribution in [1.82, 2.24) is 10.9 Å². The molecule has 1 unspecified atom stereocenters. The van der Waals surface area contributed by atoms with Crippen LogP contribution in [0.25, 0.3) is 0 Å². The van der Waals surface area contributed by atoms with Crippen molar-refractivity contribution < 1.29 is 18.0 Å². The van der Waals surface area contributed by atoms with Crippen LogP contribution in [0.1, 0.15) is 43.8 Å². The minimum absolute atomic E-state index is 0.147. The fourth-order valence-electron chi connectivity index (χ4n) is 3.57. The Morgan fingerprint density at radius 1 is 0.969 bits per heavy atom. The Morgan fingerprint density at radius 3 is 2.38 bits per heavy atom. The van der Waals surface area contributed by atoms with Crippen LogP contribution in [0.5, 0.6) is 0 Å². The zero-order valence-corrected chi connectivity index (χ0v) is 19.1. The van der Waals surface area contributed by atoms with Gasteiger partial charge in [-0.25, -0.2) is 8.42 Å². The molecule has 1 heterocycles. The van der Waals surface area contributed by atoms with Gasteiger partial charge in [0.2, 0.25) is 0 Å². The van der Waals surface area contributed by atoms with Gasteiger partial charge >= 0.3 is 0 Å². The van der Waals surface area contributed by atoms with Crippen LogP contribution in [0.3, 0.4) is 0 Å². The Bertz CT molecular complexity index is 1240. The Morgan fingerprint density at radius 2 is 1.66 bits per heavy atom. The van der Waals surface area contributed by atoms with Gasteiger partial charge in [-0.3, -0.25) is 25.2 Å². The predicted octanol–water partition coefficient (Wildman–Crippen LogP) is 3.75. The van der Waals surface area contributed by atoms with E-state index in [1.807, 2.05) is 6.07 Å². The monoisotopic (exact) mass is 469 g/mol. The van der Waals surface area contributed by atoms with E-state index in [0.29, 0.717) is 16.5 Å². The Hall–Kier alpha value is -3.17. The Balaban J connectivity index is 1.34. The number of thiophene rings is 1. The van der Waals surface area contributed by atoms with Crippen LogP contribution >= 0.6 is 11.3 Å². The first-order valence-electron chi connectivity index (χ1n) is 10.2. The van der Waals surface area contributed by atoms with Crippen LogP contribution in [0.15, 0.2) is 65.6 Å². The molecule has 4 rings (SSSR count). The third kappa shape index (κ3) is 5.00. The molecule has 0 radical (unpaired) electrons. The van der Waals surface area contributed by atoms with E-state index >= 15 is 0 Å². The third-order valence-corrected chi connectivity index (χ3v) is 7.93. The summed E-state index contributed by atoms with van der Waals surface area (Å²) in [5.41, 5.74) is 6.69. The maximum absolute atomic E-state index is 12.4. The number of carbonyl (C=O) groups is 2. The fraction of sp³-hybridized carbons (Fsp3) is 0.217. The summed E-state index contributed by atoms with van der Waals surface area (Å²) in [5, 5.41) is 0. The average molecular weight is 470 g/mol. The molecule has 2 aromatic carbocycles. The lowest BCUT2D eigenvalue weighted by Crippen LogP contribution is -2.41. The highest BCUT2D eigenvalue weighted by Crippen LogP contribution is 2.32. The van der Waals surface area contributed by atoms with Gasteiger partial charge in [0, 0.05) is 16.1 Å². The summed E-state index contributed by atoms with van der Waals surface area (Å²) in [6.45, 7) is 2.21. The number of amides is 2. The van der Waals surface area contributed by atoms with Crippen LogP contribution in [0.2, 0.25) is 0 Å². The number of fused-ring (bicyclic) bond motifs is 1. The lowest BCUT2D eigenvalue weighted by Gasteiger charge is -2.16.